The highest BCUT2D eigenvalue weighted by Crippen LogP contribution is 2.39. The van der Waals surface area contributed by atoms with E-state index in [-0.39, 0.29) is 11.4 Å². The average molecular weight is 419 g/mol. The van der Waals surface area contributed by atoms with Crippen LogP contribution in [0.2, 0.25) is 0 Å². The third kappa shape index (κ3) is 4.79. The maximum Gasteiger partial charge on any atom is 0.323 e. The van der Waals surface area contributed by atoms with Crippen molar-refractivity contribution in [1.82, 2.24) is 4.90 Å². The third-order valence-corrected chi connectivity index (χ3v) is 6.56. The molecule has 1 saturated heterocycles. The van der Waals surface area contributed by atoms with E-state index in [1.807, 2.05) is 59.5 Å². The highest BCUT2D eigenvalue weighted by atomic mass is 32.2. The highest BCUT2D eigenvalue weighted by Gasteiger charge is 2.31. The van der Waals surface area contributed by atoms with Crippen molar-refractivity contribution in [3.8, 4) is 5.75 Å². The molecule has 0 aliphatic carbocycles. The maximum atomic E-state index is 13.0. The van der Waals surface area contributed by atoms with E-state index in [1.54, 1.807) is 11.8 Å². The van der Waals surface area contributed by atoms with Crippen LogP contribution < -0.4 is 10.1 Å². The molecule has 0 saturated carbocycles. The van der Waals surface area contributed by atoms with Gasteiger partial charge in [-0.25, -0.2) is 4.79 Å². The number of hydrogen-bond donors (Lipinski definition) is 1. The van der Waals surface area contributed by atoms with E-state index in [9.17, 15) is 4.79 Å². The number of urea groups is 1. The van der Waals surface area contributed by atoms with Gasteiger partial charge in [0.2, 0.25) is 0 Å². The van der Waals surface area contributed by atoms with Crippen molar-refractivity contribution in [3.63, 3.8) is 0 Å². The molecule has 30 heavy (non-hydrogen) atoms. The minimum Gasteiger partial charge on any atom is -0.489 e. The minimum absolute atomic E-state index is 0.0168. The van der Waals surface area contributed by atoms with Gasteiger partial charge in [0.15, 0.2) is 0 Å². The van der Waals surface area contributed by atoms with Gasteiger partial charge in [0.05, 0.1) is 0 Å². The maximum absolute atomic E-state index is 13.0. The number of nitrogens with zero attached hydrogens (tertiary/aromatic N) is 1. The van der Waals surface area contributed by atoms with Crippen LogP contribution in [0.15, 0.2) is 72.8 Å². The predicted octanol–water partition coefficient (Wildman–Crippen LogP) is 6.16. The minimum atomic E-state index is -0.0659. The number of thioether (sulfide) groups is 1. The van der Waals surface area contributed by atoms with Gasteiger partial charge in [-0.05, 0) is 60.4 Å². The molecule has 3 aromatic carbocycles. The number of anilines is 1. The molecule has 1 N–H and O–H groups in total. The SMILES string of the molecule is Cc1ccc(NC(=O)N2CCSC2c2cccc(OCc3ccccc3)c2)cc1C. The van der Waals surface area contributed by atoms with Crippen molar-refractivity contribution in [2.45, 2.75) is 25.8 Å². The zero-order valence-corrected chi connectivity index (χ0v) is 18.1. The summed E-state index contributed by atoms with van der Waals surface area (Å²) in [6, 6.07) is 24.1. The lowest BCUT2D eigenvalue weighted by Crippen LogP contribution is -2.34. The summed E-state index contributed by atoms with van der Waals surface area (Å²) in [4.78, 5) is 14.9. The fourth-order valence-corrected chi connectivity index (χ4v) is 4.71. The monoisotopic (exact) mass is 418 g/mol. The summed E-state index contributed by atoms with van der Waals surface area (Å²) in [5, 5.41) is 3.04. The molecule has 1 unspecified atom stereocenters. The van der Waals surface area contributed by atoms with Crippen LogP contribution in [-0.2, 0) is 6.61 Å². The fraction of sp³-hybridized carbons (Fsp3) is 0.240. The number of carbonyl (C=O) groups excluding carboxylic acids is 1. The predicted molar refractivity (Wildman–Crippen MR) is 124 cm³/mol. The molecule has 5 heteroatoms. The Kier molecular flexibility index (Phi) is 6.29. The van der Waals surface area contributed by atoms with Gasteiger partial charge in [0.25, 0.3) is 0 Å². The number of amides is 2. The van der Waals surface area contributed by atoms with Crippen molar-refractivity contribution in [2.24, 2.45) is 0 Å². The van der Waals surface area contributed by atoms with Gasteiger partial charge in [-0.2, -0.15) is 0 Å². The van der Waals surface area contributed by atoms with E-state index >= 15 is 0 Å². The van der Waals surface area contributed by atoms with Crippen LogP contribution in [0.4, 0.5) is 10.5 Å². The van der Waals surface area contributed by atoms with E-state index < -0.39 is 0 Å². The molecule has 1 fully saturated rings. The van der Waals surface area contributed by atoms with Gasteiger partial charge in [0, 0.05) is 18.0 Å². The Bertz CT molecular complexity index is 1020. The lowest BCUT2D eigenvalue weighted by atomic mass is 10.1. The molecule has 1 atom stereocenters. The zero-order valence-electron chi connectivity index (χ0n) is 17.3. The highest BCUT2D eigenvalue weighted by molar-refractivity contribution is 7.99. The van der Waals surface area contributed by atoms with Crippen LogP contribution >= 0.6 is 11.8 Å². The third-order valence-electron chi connectivity index (χ3n) is 5.30. The van der Waals surface area contributed by atoms with Crippen LogP contribution in [0.5, 0.6) is 5.75 Å². The Balaban J connectivity index is 1.44. The quantitative estimate of drug-likeness (QED) is 0.539. The van der Waals surface area contributed by atoms with Gasteiger partial charge in [-0.1, -0.05) is 48.5 Å². The summed E-state index contributed by atoms with van der Waals surface area (Å²) in [5.41, 5.74) is 5.43. The summed E-state index contributed by atoms with van der Waals surface area (Å²) < 4.78 is 5.98. The Hall–Kier alpha value is -2.92. The largest absolute Gasteiger partial charge is 0.489 e. The van der Waals surface area contributed by atoms with Crippen molar-refractivity contribution in [2.75, 3.05) is 17.6 Å². The molecule has 0 aromatic heterocycles. The second-order valence-corrected chi connectivity index (χ2v) is 8.68. The van der Waals surface area contributed by atoms with E-state index in [2.05, 4.69) is 37.4 Å². The van der Waals surface area contributed by atoms with Crippen molar-refractivity contribution in [3.05, 3.63) is 95.1 Å². The lowest BCUT2D eigenvalue weighted by Gasteiger charge is -2.25. The van der Waals surface area contributed by atoms with Gasteiger partial charge in [-0.3, -0.25) is 0 Å². The van der Waals surface area contributed by atoms with Crippen LogP contribution in [0.1, 0.15) is 27.6 Å². The molecule has 4 rings (SSSR count). The molecule has 0 bridgehead atoms. The number of carbonyl (C=O) groups is 1. The molecule has 1 aliphatic rings. The lowest BCUT2D eigenvalue weighted by molar-refractivity contribution is 0.214. The molecular weight excluding hydrogens is 392 g/mol. The number of benzene rings is 3. The second kappa shape index (κ2) is 9.26. The molecule has 3 aromatic rings. The van der Waals surface area contributed by atoms with Crippen LogP contribution in [0.3, 0.4) is 0 Å². The van der Waals surface area contributed by atoms with E-state index in [4.69, 9.17) is 4.74 Å². The van der Waals surface area contributed by atoms with Crippen LogP contribution in [-0.4, -0.2) is 23.2 Å². The Morgan fingerprint density at radius 2 is 1.87 bits per heavy atom. The van der Waals surface area contributed by atoms with Gasteiger partial charge < -0.3 is 15.0 Å². The van der Waals surface area contributed by atoms with Crippen molar-refractivity contribution < 1.29 is 9.53 Å². The number of hydrogen-bond acceptors (Lipinski definition) is 3. The number of nitrogens with one attached hydrogen (secondary N) is 1. The number of ether oxygens (including phenoxy) is 1. The van der Waals surface area contributed by atoms with Crippen molar-refractivity contribution in [1.29, 1.82) is 0 Å². The van der Waals surface area contributed by atoms with Gasteiger partial charge in [0.1, 0.15) is 17.7 Å². The normalized spacial score (nSPS) is 15.8. The van der Waals surface area contributed by atoms with Crippen LogP contribution in [0, 0.1) is 13.8 Å². The van der Waals surface area contributed by atoms with E-state index in [0.29, 0.717) is 6.61 Å². The molecule has 1 heterocycles. The first kappa shape index (κ1) is 20.4. The number of aryl methyl sites for hydroxylation is 2. The Labute approximate surface area is 182 Å². The van der Waals surface area contributed by atoms with Gasteiger partial charge >= 0.3 is 6.03 Å². The van der Waals surface area contributed by atoms with Crippen molar-refractivity contribution >= 4 is 23.5 Å². The number of rotatable bonds is 5. The summed E-state index contributed by atoms with van der Waals surface area (Å²) in [7, 11) is 0. The first-order chi connectivity index (χ1) is 14.6. The molecular formula is C25H26N2O2S. The first-order valence-corrected chi connectivity index (χ1v) is 11.2. The average Bonchev–Trinajstić information content (AvgIpc) is 3.26. The molecule has 4 nitrogen and oxygen atoms in total. The Morgan fingerprint density at radius 1 is 1.03 bits per heavy atom. The topological polar surface area (TPSA) is 41.6 Å². The summed E-state index contributed by atoms with van der Waals surface area (Å²) in [6.45, 7) is 5.38. The van der Waals surface area contributed by atoms with Gasteiger partial charge in [-0.15, -0.1) is 11.8 Å². The summed E-state index contributed by atoms with van der Waals surface area (Å²) >= 11 is 1.78. The zero-order chi connectivity index (χ0) is 20.9. The Morgan fingerprint density at radius 3 is 2.67 bits per heavy atom. The standard InChI is InChI=1S/C25H26N2O2S/c1-18-11-12-22(15-19(18)2)26-25(28)27-13-14-30-24(27)21-9-6-10-23(16-21)29-17-20-7-4-3-5-8-20/h3-12,15-16,24H,13-14,17H2,1-2H3,(H,26,28). The molecule has 154 valence electrons. The van der Waals surface area contributed by atoms with E-state index in [0.717, 1.165) is 34.9 Å². The smallest absolute Gasteiger partial charge is 0.323 e. The fourth-order valence-electron chi connectivity index (χ4n) is 3.47. The molecule has 2 amide bonds. The summed E-state index contributed by atoms with van der Waals surface area (Å²) in [6.07, 6.45) is 0. The second-order valence-electron chi connectivity index (χ2n) is 7.49. The van der Waals surface area contributed by atoms with E-state index in [1.165, 1.54) is 11.1 Å². The molecule has 0 spiro atoms. The first-order valence-electron chi connectivity index (χ1n) is 10.1. The molecule has 1 aliphatic heterocycles. The van der Waals surface area contributed by atoms with Crippen LogP contribution in [0.25, 0.3) is 0 Å². The molecule has 0 radical (unpaired) electrons. The summed E-state index contributed by atoms with van der Waals surface area (Å²) in [5.74, 6) is 1.73.